The van der Waals surface area contributed by atoms with Gasteiger partial charge in [0.15, 0.2) is 0 Å². The molecule has 0 atom stereocenters. The molecule has 0 saturated heterocycles. The molecule has 1 aromatic carbocycles. The van der Waals surface area contributed by atoms with Gasteiger partial charge in [0.05, 0.1) is 0 Å². The highest BCUT2D eigenvalue weighted by atomic mass is 24.3. The number of benzene rings is 1. The van der Waals surface area contributed by atoms with Crippen molar-refractivity contribution in [3.63, 3.8) is 0 Å². The molecule has 0 aliphatic heterocycles. The summed E-state index contributed by atoms with van der Waals surface area (Å²) in [6, 6.07) is 6.29. The Balaban J connectivity index is 0.000000810. The molecule has 0 fully saturated rings. The molecule has 0 aliphatic rings. The average molecular weight is 146 g/mol. The highest BCUT2D eigenvalue weighted by Gasteiger charge is 1.89. The van der Waals surface area contributed by atoms with Crippen LogP contribution < -0.4 is 0 Å². The Hall–Kier alpha value is -0.0138. The fourth-order valence-corrected chi connectivity index (χ4v) is 0.800. The summed E-state index contributed by atoms with van der Waals surface area (Å²) < 4.78 is 0. The van der Waals surface area contributed by atoms with E-state index in [0.29, 0.717) is 0 Å². The van der Waals surface area contributed by atoms with Crippen LogP contribution in [-0.4, -0.2) is 23.1 Å². The Morgan fingerprint density at radius 1 is 1.20 bits per heavy atom. The van der Waals surface area contributed by atoms with E-state index in [1.165, 1.54) is 11.1 Å². The van der Waals surface area contributed by atoms with E-state index >= 15 is 0 Å². The van der Waals surface area contributed by atoms with Gasteiger partial charge in [0.1, 0.15) is 0 Å². The van der Waals surface area contributed by atoms with Gasteiger partial charge in [-0.15, -0.1) is 0 Å². The van der Waals surface area contributed by atoms with E-state index in [4.69, 9.17) is 0 Å². The van der Waals surface area contributed by atoms with Crippen LogP contribution in [-0.2, 0) is 0 Å². The summed E-state index contributed by atoms with van der Waals surface area (Å²) in [5.41, 5.74) is 3.68. The normalized spacial score (nSPS) is 8.70. The first-order valence-corrected chi connectivity index (χ1v) is 3.09. The van der Waals surface area contributed by atoms with Crippen molar-refractivity contribution >= 4 is 23.1 Å². The van der Waals surface area contributed by atoms with Gasteiger partial charge < -0.3 is 0 Å². The van der Waals surface area contributed by atoms with E-state index in [0.717, 1.165) is 5.56 Å². The van der Waals surface area contributed by atoms with E-state index in [-0.39, 0.29) is 23.1 Å². The summed E-state index contributed by atoms with van der Waals surface area (Å²) in [4.78, 5) is 0. The summed E-state index contributed by atoms with van der Waals surface area (Å²) in [5.74, 6) is 0. The third-order valence-electron chi connectivity index (χ3n) is 1.50. The largest absolute Gasteiger partial charge is 0.316 e. The molecule has 0 bridgehead atoms. The predicted octanol–water partition coefficient (Wildman–Crippen LogP) is 1.57. The molecule has 51 valence electrons. The van der Waals surface area contributed by atoms with Crippen LogP contribution in [0.1, 0.15) is 16.7 Å². The van der Waals surface area contributed by atoms with Crippen molar-refractivity contribution in [2.24, 2.45) is 0 Å². The smallest absolute Gasteiger partial charge is 0.0590 e. The van der Waals surface area contributed by atoms with Crippen LogP contribution in [0.15, 0.2) is 18.2 Å². The fourth-order valence-electron chi connectivity index (χ4n) is 0.800. The fraction of sp³-hybridized carbons (Fsp3) is 0.222. The van der Waals surface area contributed by atoms with E-state index in [2.05, 4.69) is 39.0 Å². The van der Waals surface area contributed by atoms with Crippen molar-refractivity contribution in [1.29, 1.82) is 0 Å². The number of rotatable bonds is 0. The van der Waals surface area contributed by atoms with Crippen LogP contribution in [0.4, 0.5) is 0 Å². The summed E-state index contributed by atoms with van der Waals surface area (Å²) in [6.07, 6.45) is 0. The maximum atomic E-state index is 3.88. The quantitative estimate of drug-likeness (QED) is 0.486. The van der Waals surface area contributed by atoms with Crippen LogP contribution in [0.2, 0.25) is 0 Å². The molecule has 0 saturated carbocycles. The molecule has 0 nitrogen and oxygen atoms in total. The summed E-state index contributed by atoms with van der Waals surface area (Å²) >= 11 is 0. The first-order valence-electron chi connectivity index (χ1n) is 3.09. The Kier molecular flexibility index (Phi) is 3.98. The van der Waals surface area contributed by atoms with Crippen LogP contribution in [0.25, 0.3) is 0 Å². The highest BCUT2D eigenvalue weighted by molar-refractivity contribution is 5.75. The second kappa shape index (κ2) is 3.99. The first-order chi connectivity index (χ1) is 4.20. The maximum absolute atomic E-state index is 3.88. The van der Waals surface area contributed by atoms with Gasteiger partial charge in [-0.25, -0.2) is 0 Å². The lowest BCUT2D eigenvalue weighted by molar-refractivity contribution is 1.36. The lowest BCUT2D eigenvalue weighted by atomic mass is 10.1. The van der Waals surface area contributed by atoms with Gasteiger partial charge in [-0.3, -0.25) is 0 Å². The molecular weight excluding hydrogens is 132 g/mol. The first kappa shape index (κ1) is 9.99. The third kappa shape index (κ3) is 2.31. The Bertz CT molecular complexity index is 216. The van der Waals surface area contributed by atoms with Crippen molar-refractivity contribution in [2.75, 3.05) is 0 Å². The second-order valence-electron chi connectivity index (χ2n) is 2.43. The molecule has 0 N–H and O–H groups in total. The number of aryl methyl sites for hydroxylation is 2. The van der Waals surface area contributed by atoms with Crippen molar-refractivity contribution in [1.82, 2.24) is 0 Å². The summed E-state index contributed by atoms with van der Waals surface area (Å²) in [7, 11) is 0. The highest BCUT2D eigenvalue weighted by Crippen LogP contribution is 2.07. The van der Waals surface area contributed by atoms with E-state index in [1.807, 2.05) is 0 Å². The van der Waals surface area contributed by atoms with Crippen LogP contribution in [0.3, 0.4) is 0 Å². The van der Waals surface area contributed by atoms with Gasteiger partial charge in [0.25, 0.3) is 0 Å². The molecule has 10 heavy (non-hydrogen) atoms. The van der Waals surface area contributed by atoms with E-state index < -0.39 is 0 Å². The number of hydrogen-bond donors (Lipinski definition) is 0. The molecule has 1 radical (unpaired) electrons. The van der Waals surface area contributed by atoms with Gasteiger partial charge in [-0.1, -0.05) is 23.8 Å². The summed E-state index contributed by atoms with van der Waals surface area (Å²) in [6.45, 7) is 8.03. The number of hydrogen-bond acceptors (Lipinski definition) is 0. The SMILES string of the molecule is [CH2]c1cc(C)ccc1C.[MgH2]. The predicted molar refractivity (Wildman–Crippen MR) is 48.9 cm³/mol. The van der Waals surface area contributed by atoms with Gasteiger partial charge in [-0.05, 0) is 31.9 Å². The van der Waals surface area contributed by atoms with Crippen molar-refractivity contribution in [2.45, 2.75) is 13.8 Å². The lowest BCUT2D eigenvalue weighted by Crippen LogP contribution is -1.79. The van der Waals surface area contributed by atoms with Gasteiger partial charge >= 0.3 is 23.1 Å². The monoisotopic (exact) mass is 145 g/mol. The lowest BCUT2D eigenvalue weighted by Gasteiger charge is -1.98. The van der Waals surface area contributed by atoms with Gasteiger partial charge in [-0.2, -0.15) is 0 Å². The Labute approximate surface area is 78.8 Å². The standard InChI is InChI=1S/C9H11.Mg.2H/c1-7-4-5-8(2)9(3)6-7;;;/h4-6H,3H2,1-2H3;;;. The van der Waals surface area contributed by atoms with Gasteiger partial charge in [0, 0.05) is 0 Å². The molecule has 0 heterocycles. The molecule has 0 unspecified atom stereocenters. The maximum Gasteiger partial charge on any atom is 0.316 e. The summed E-state index contributed by atoms with van der Waals surface area (Å²) in [5, 5.41) is 0. The minimum Gasteiger partial charge on any atom is -0.0590 e. The van der Waals surface area contributed by atoms with Crippen LogP contribution in [0, 0.1) is 20.8 Å². The minimum absolute atomic E-state index is 0. The zero-order chi connectivity index (χ0) is 6.85. The molecule has 1 heteroatoms. The minimum atomic E-state index is 0. The van der Waals surface area contributed by atoms with Crippen molar-refractivity contribution in [3.8, 4) is 0 Å². The Morgan fingerprint density at radius 2 is 1.80 bits per heavy atom. The molecular formula is C9H13Mg. The zero-order valence-corrected chi connectivity index (χ0v) is 5.94. The molecule has 0 amide bonds. The second-order valence-corrected chi connectivity index (χ2v) is 2.43. The Morgan fingerprint density at radius 3 is 2.20 bits per heavy atom. The third-order valence-corrected chi connectivity index (χ3v) is 1.50. The van der Waals surface area contributed by atoms with Gasteiger partial charge in [0.2, 0.25) is 0 Å². The topological polar surface area (TPSA) is 0 Å². The molecule has 0 spiro atoms. The molecule has 1 aromatic rings. The molecule has 0 aromatic heterocycles. The zero-order valence-electron chi connectivity index (χ0n) is 5.94. The van der Waals surface area contributed by atoms with E-state index in [1.54, 1.807) is 0 Å². The van der Waals surface area contributed by atoms with Crippen molar-refractivity contribution in [3.05, 3.63) is 41.8 Å². The van der Waals surface area contributed by atoms with Crippen LogP contribution >= 0.6 is 0 Å². The van der Waals surface area contributed by atoms with Crippen molar-refractivity contribution < 1.29 is 0 Å². The average Bonchev–Trinajstić information content (AvgIpc) is 1.80. The molecule has 0 aliphatic carbocycles. The molecule has 1 rings (SSSR count). The van der Waals surface area contributed by atoms with Crippen LogP contribution in [0.5, 0.6) is 0 Å². The van der Waals surface area contributed by atoms with E-state index in [9.17, 15) is 0 Å².